The van der Waals surface area contributed by atoms with Crippen LogP contribution in [-0.4, -0.2) is 65.5 Å². The minimum Gasteiger partial charge on any atom is -0.493 e. The minimum atomic E-state index is -0.211. The van der Waals surface area contributed by atoms with Crippen LogP contribution >= 0.6 is 0 Å². The van der Waals surface area contributed by atoms with Crippen molar-refractivity contribution in [1.82, 2.24) is 10.4 Å². The minimum absolute atomic E-state index is 0.211. The number of ether oxygens (including phenoxy) is 3. The van der Waals surface area contributed by atoms with Crippen LogP contribution in [0.5, 0.6) is 17.2 Å². The number of likely N-dealkylation sites (N-methyl/N-ethyl adjacent to an activating group) is 1. The fraction of sp³-hybridized carbons (Fsp3) is 0.533. The summed E-state index contributed by atoms with van der Waals surface area (Å²) in [5, 5.41) is 1.94. The van der Waals surface area contributed by atoms with Crippen LogP contribution in [0.1, 0.15) is 10.4 Å². The highest BCUT2D eigenvalue weighted by molar-refractivity contribution is 5.98. The van der Waals surface area contributed by atoms with E-state index in [1.807, 2.05) is 5.01 Å². The number of nitrogens with one attached hydrogen (secondary N) is 2. The highest BCUT2D eigenvalue weighted by atomic mass is 16.5. The molecule has 1 heterocycles. The van der Waals surface area contributed by atoms with Crippen LogP contribution in [0.3, 0.4) is 0 Å². The van der Waals surface area contributed by atoms with E-state index in [0.29, 0.717) is 22.8 Å². The Morgan fingerprint density at radius 3 is 2.27 bits per heavy atom. The van der Waals surface area contributed by atoms with E-state index in [4.69, 9.17) is 14.2 Å². The Bertz CT molecular complexity index is 528. The van der Waals surface area contributed by atoms with Gasteiger partial charge in [0.25, 0.3) is 5.91 Å². The monoisotopic (exact) mass is 310 g/mol. The molecular formula is C15H24N3O4+. The van der Waals surface area contributed by atoms with Crippen LogP contribution in [-0.2, 0) is 0 Å². The maximum atomic E-state index is 12.5. The molecule has 7 heteroatoms. The van der Waals surface area contributed by atoms with Crippen LogP contribution in [0, 0.1) is 0 Å². The van der Waals surface area contributed by atoms with E-state index in [9.17, 15) is 4.79 Å². The third kappa shape index (κ3) is 3.42. The van der Waals surface area contributed by atoms with Gasteiger partial charge in [-0.25, -0.2) is 5.01 Å². The number of carbonyl (C=O) groups is 1. The molecule has 0 aliphatic carbocycles. The molecule has 1 aromatic carbocycles. The lowest BCUT2D eigenvalue weighted by Crippen LogP contribution is -3.12. The Kier molecular flexibility index (Phi) is 5.46. The van der Waals surface area contributed by atoms with Gasteiger partial charge in [-0.05, 0) is 12.1 Å². The Balaban J connectivity index is 2.18. The molecule has 1 aliphatic rings. The fourth-order valence-electron chi connectivity index (χ4n) is 2.48. The van der Waals surface area contributed by atoms with E-state index in [2.05, 4.69) is 12.5 Å². The van der Waals surface area contributed by atoms with E-state index < -0.39 is 0 Å². The van der Waals surface area contributed by atoms with Crippen molar-refractivity contribution in [3.8, 4) is 17.2 Å². The second-order valence-electron chi connectivity index (χ2n) is 5.27. The molecule has 1 fully saturated rings. The highest BCUT2D eigenvalue weighted by Crippen LogP contribution is 2.39. The van der Waals surface area contributed by atoms with Gasteiger partial charge in [0.15, 0.2) is 11.5 Å². The van der Waals surface area contributed by atoms with Crippen molar-refractivity contribution in [2.45, 2.75) is 0 Å². The zero-order chi connectivity index (χ0) is 16.1. The summed E-state index contributed by atoms with van der Waals surface area (Å²) in [5.74, 6) is 1.11. The number of quaternary nitrogens is 1. The first-order valence-electron chi connectivity index (χ1n) is 7.27. The summed E-state index contributed by atoms with van der Waals surface area (Å²) in [6.07, 6.45) is 0. The lowest BCUT2D eigenvalue weighted by molar-refractivity contribution is -0.884. The summed E-state index contributed by atoms with van der Waals surface area (Å²) >= 11 is 0. The summed E-state index contributed by atoms with van der Waals surface area (Å²) in [6, 6.07) is 3.38. The highest BCUT2D eigenvalue weighted by Gasteiger charge is 2.24. The number of rotatable bonds is 5. The summed E-state index contributed by atoms with van der Waals surface area (Å²) < 4.78 is 15.9. The number of hydrogen-bond donors (Lipinski definition) is 2. The first kappa shape index (κ1) is 16.4. The van der Waals surface area contributed by atoms with Crippen molar-refractivity contribution < 1.29 is 23.9 Å². The molecule has 0 atom stereocenters. The average Bonchev–Trinajstić information content (AvgIpc) is 2.55. The van der Waals surface area contributed by atoms with Crippen LogP contribution in [0.2, 0.25) is 0 Å². The predicted molar refractivity (Wildman–Crippen MR) is 81.8 cm³/mol. The molecule has 0 radical (unpaired) electrons. The van der Waals surface area contributed by atoms with Crippen LogP contribution in [0.4, 0.5) is 0 Å². The van der Waals surface area contributed by atoms with Gasteiger partial charge in [0, 0.05) is 0 Å². The van der Waals surface area contributed by atoms with E-state index in [1.165, 1.54) is 19.1 Å². The number of methoxy groups -OCH3 is 3. The summed E-state index contributed by atoms with van der Waals surface area (Å²) in [4.78, 5) is 14.0. The third-order valence-electron chi connectivity index (χ3n) is 3.83. The van der Waals surface area contributed by atoms with Gasteiger partial charge in [0.05, 0.1) is 60.1 Å². The van der Waals surface area contributed by atoms with Crippen molar-refractivity contribution in [2.24, 2.45) is 0 Å². The van der Waals surface area contributed by atoms with Gasteiger partial charge in [-0.3, -0.25) is 10.2 Å². The molecule has 0 spiro atoms. The van der Waals surface area contributed by atoms with Gasteiger partial charge in [-0.15, -0.1) is 0 Å². The molecule has 0 aromatic heterocycles. The molecule has 2 rings (SSSR count). The van der Waals surface area contributed by atoms with Crippen LogP contribution < -0.4 is 24.5 Å². The average molecular weight is 310 g/mol. The molecule has 1 aromatic rings. The van der Waals surface area contributed by atoms with E-state index in [1.54, 1.807) is 19.2 Å². The lowest BCUT2D eigenvalue weighted by Gasteiger charge is -2.30. The number of amides is 1. The molecule has 0 unspecified atom stereocenters. The van der Waals surface area contributed by atoms with E-state index in [0.717, 1.165) is 26.2 Å². The number of carbonyl (C=O) groups excluding carboxylic acids is 1. The molecule has 2 N–H and O–H groups in total. The Morgan fingerprint density at radius 1 is 1.09 bits per heavy atom. The van der Waals surface area contributed by atoms with Crippen molar-refractivity contribution in [2.75, 3.05) is 54.6 Å². The zero-order valence-corrected chi connectivity index (χ0v) is 13.6. The predicted octanol–water partition coefficient (Wildman–Crippen LogP) is -0.812. The molecule has 1 saturated heterocycles. The van der Waals surface area contributed by atoms with Gasteiger partial charge >= 0.3 is 0 Å². The van der Waals surface area contributed by atoms with Crippen LogP contribution in [0.15, 0.2) is 12.1 Å². The number of hydrogen-bond acceptors (Lipinski definition) is 5. The first-order valence-corrected chi connectivity index (χ1v) is 7.27. The molecule has 0 saturated carbocycles. The second kappa shape index (κ2) is 7.33. The van der Waals surface area contributed by atoms with Crippen molar-refractivity contribution in [3.63, 3.8) is 0 Å². The number of nitrogens with zero attached hydrogens (tertiary/aromatic N) is 1. The standard InChI is InChI=1S/C15H23N3O4/c1-17-7-9-18(10-8-17)16-15(19)11-5-6-12(20-2)14(22-4)13(11)21-3/h5-6H,7-10H2,1-4H3,(H,16,19)/p+1. The second-order valence-corrected chi connectivity index (χ2v) is 5.27. The molecule has 22 heavy (non-hydrogen) atoms. The Morgan fingerprint density at radius 2 is 1.73 bits per heavy atom. The summed E-state index contributed by atoms with van der Waals surface area (Å²) in [5.41, 5.74) is 3.35. The fourth-order valence-corrected chi connectivity index (χ4v) is 2.48. The topological polar surface area (TPSA) is 64.5 Å². The van der Waals surface area contributed by atoms with Gasteiger partial charge < -0.3 is 19.1 Å². The number of piperazine rings is 1. The van der Waals surface area contributed by atoms with E-state index >= 15 is 0 Å². The third-order valence-corrected chi connectivity index (χ3v) is 3.83. The molecule has 1 aliphatic heterocycles. The Labute approximate surface area is 130 Å². The smallest absolute Gasteiger partial charge is 0.269 e. The van der Waals surface area contributed by atoms with Gasteiger partial charge in [0.1, 0.15) is 0 Å². The largest absolute Gasteiger partial charge is 0.493 e. The van der Waals surface area contributed by atoms with Gasteiger partial charge in [-0.2, -0.15) is 0 Å². The molecule has 0 bridgehead atoms. The molecule has 7 nitrogen and oxygen atoms in total. The maximum Gasteiger partial charge on any atom is 0.269 e. The molecular weight excluding hydrogens is 286 g/mol. The van der Waals surface area contributed by atoms with Gasteiger partial charge in [-0.1, -0.05) is 0 Å². The maximum absolute atomic E-state index is 12.5. The molecule has 122 valence electrons. The van der Waals surface area contributed by atoms with Crippen LogP contribution in [0.25, 0.3) is 0 Å². The van der Waals surface area contributed by atoms with Crippen molar-refractivity contribution >= 4 is 5.91 Å². The van der Waals surface area contributed by atoms with Crippen molar-refractivity contribution in [1.29, 1.82) is 0 Å². The quantitative estimate of drug-likeness (QED) is 0.745. The molecule has 1 amide bonds. The normalized spacial score (nSPS) is 16.2. The Hall–Kier alpha value is -1.99. The van der Waals surface area contributed by atoms with Gasteiger partial charge in [0.2, 0.25) is 5.75 Å². The summed E-state index contributed by atoms with van der Waals surface area (Å²) in [6.45, 7) is 3.66. The lowest BCUT2D eigenvalue weighted by atomic mass is 10.1. The summed E-state index contributed by atoms with van der Waals surface area (Å²) in [7, 11) is 6.72. The van der Waals surface area contributed by atoms with E-state index in [-0.39, 0.29) is 5.91 Å². The zero-order valence-electron chi connectivity index (χ0n) is 13.6. The first-order chi connectivity index (χ1) is 10.6. The number of hydrazine groups is 1. The SMILES string of the molecule is COc1ccc(C(=O)NN2CC[NH+](C)CC2)c(OC)c1OC. The van der Waals surface area contributed by atoms with Crippen molar-refractivity contribution in [3.05, 3.63) is 17.7 Å². The number of benzene rings is 1.